The Balaban J connectivity index is 0.00000196. The van der Waals surface area contributed by atoms with Crippen LogP contribution in [0.5, 0.6) is 0 Å². The predicted molar refractivity (Wildman–Crippen MR) is 41.2 cm³/mol. The van der Waals surface area contributed by atoms with Crippen LogP contribution in [-0.2, 0) is 6.18 Å². The molecule has 0 aliphatic rings. The van der Waals surface area contributed by atoms with Crippen molar-refractivity contribution in [2.45, 2.75) is 6.18 Å². The molecule has 0 aliphatic heterocycles. The third kappa shape index (κ3) is 3.24. The number of hydrogen-bond acceptors (Lipinski definition) is 2. The minimum Gasteiger partial charge on any atom is -1.00 e. The summed E-state index contributed by atoms with van der Waals surface area (Å²) in [5, 5.41) is 8.17. The standard InChI is InChI=1S/C7H3ClF3NO2.ClH/c8-5-1-3(6(13)14)4(2-12-5)7(9,10)11;/h1-2H,(H,13,14);1H/p-1. The molecule has 0 fully saturated rings. The van der Waals surface area contributed by atoms with Crippen molar-refractivity contribution in [1.29, 1.82) is 0 Å². The van der Waals surface area contributed by atoms with Crippen LogP contribution in [0.15, 0.2) is 12.3 Å². The minimum atomic E-state index is -4.74. The lowest BCUT2D eigenvalue weighted by atomic mass is 10.1. The second-order valence-electron chi connectivity index (χ2n) is 2.36. The van der Waals surface area contributed by atoms with Gasteiger partial charge in [-0.15, -0.1) is 0 Å². The van der Waals surface area contributed by atoms with Crippen molar-refractivity contribution in [1.82, 2.24) is 4.98 Å². The van der Waals surface area contributed by atoms with Crippen LogP contribution in [0.25, 0.3) is 0 Å². The first-order chi connectivity index (χ1) is 6.32. The minimum absolute atomic E-state index is 0. The molecule has 1 aromatic heterocycles. The molecule has 0 unspecified atom stereocenters. The zero-order valence-corrected chi connectivity index (χ0v) is 8.36. The summed E-state index contributed by atoms with van der Waals surface area (Å²) in [4.78, 5) is 13.6. The lowest BCUT2D eigenvalue weighted by Gasteiger charge is -2.08. The van der Waals surface area contributed by atoms with Crippen LogP contribution in [0.4, 0.5) is 13.2 Å². The molecule has 8 heteroatoms. The molecule has 0 bridgehead atoms. The summed E-state index contributed by atoms with van der Waals surface area (Å²) in [5.74, 6) is -1.69. The van der Waals surface area contributed by atoms with E-state index in [-0.39, 0.29) is 17.6 Å². The Labute approximate surface area is 93.3 Å². The van der Waals surface area contributed by atoms with Crippen molar-refractivity contribution in [2.24, 2.45) is 0 Å². The van der Waals surface area contributed by atoms with E-state index in [4.69, 9.17) is 16.7 Å². The Morgan fingerprint density at radius 2 is 2.00 bits per heavy atom. The fraction of sp³-hybridized carbons (Fsp3) is 0.143. The summed E-state index contributed by atoms with van der Waals surface area (Å²) in [5.41, 5.74) is -2.22. The molecule has 0 aromatic carbocycles. The highest BCUT2D eigenvalue weighted by Crippen LogP contribution is 2.32. The third-order valence-electron chi connectivity index (χ3n) is 1.41. The van der Waals surface area contributed by atoms with Gasteiger partial charge in [-0.25, -0.2) is 9.78 Å². The maximum atomic E-state index is 12.2. The number of aromatic nitrogens is 1. The van der Waals surface area contributed by atoms with Gasteiger partial charge in [0.15, 0.2) is 0 Å². The van der Waals surface area contributed by atoms with Crippen LogP contribution in [-0.4, -0.2) is 16.1 Å². The topological polar surface area (TPSA) is 50.2 Å². The number of halogens is 5. The zero-order valence-electron chi connectivity index (χ0n) is 6.85. The zero-order chi connectivity index (χ0) is 10.9. The Morgan fingerprint density at radius 3 is 2.40 bits per heavy atom. The van der Waals surface area contributed by atoms with Crippen molar-refractivity contribution < 1.29 is 35.5 Å². The highest BCUT2D eigenvalue weighted by atomic mass is 35.5. The van der Waals surface area contributed by atoms with Crippen LogP contribution >= 0.6 is 11.6 Å². The Morgan fingerprint density at radius 1 is 1.47 bits per heavy atom. The highest BCUT2D eigenvalue weighted by Gasteiger charge is 2.35. The molecule has 0 aliphatic carbocycles. The number of nitrogens with zero attached hydrogens (tertiary/aromatic N) is 1. The monoisotopic (exact) mass is 260 g/mol. The van der Waals surface area contributed by atoms with Crippen molar-refractivity contribution in [2.75, 3.05) is 0 Å². The van der Waals surface area contributed by atoms with Crippen LogP contribution in [0.3, 0.4) is 0 Å². The molecule has 0 spiro atoms. The first-order valence-corrected chi connectivity index (χ1v) is 3.66. The van der Waals surface area contributed by atoms with E-state index < -0.39 is 23.3 Å². The number of carboxylic acid groups (broad SMARTS) is 1. The fourth-order valence-electron chi connectivity index (χ4n) is 0.833. The van der Waals surface area contributed by atoms with E-state index >= 15 is 0 Å². The Bertz CT molecular complexity index is 381. The molecule has 0 amide bonds. The Hall–Kier alpha value is -1.01. The van der Waals surface area contributed by atoms with Gasteiger partial charge in [-0.3, -0.25) is 0 Å². The lowest BCUT2D eigenvalue weighted by molar-refractivity contribution is -0.138. The fourth-order valence-corrected chi connectivity index (χ4v) is 0.991. The van der Waals surface area contributed by atoms with Crippen molar-refractivity contribution in [3.63, 3.8) is 0 Å². The average Bonchev–Trinajstić information content (AvgIpc) is 2.01. The molecule has 84 valence electrons. The van der Waals surface area contributed by atoms with Gasteiger partial charge in [-0.05, 0) is 6.07 Å². The Kier molecular flexibility index (Phi) is 4.36. The van der Waals surface area contributed by atoms with Gasteiger partial charge < -0.3 is 17.5 Å². The average molecular weight is 261 g/mol. The van der Waals surface area contributed by atoms with E-state index in [2.05, 4.69) is 4.98 Å². The smallest absolute Gasteiger partial charge is 0.418 e. The van der Waals surface area contributed by atoms with Gasteiger partial charge >= 0.3 is 12.1 Å². The van der Waals surface area contributed by atoms with Gasteiger partial charge in [0, 0.05) is 6.20 Å². The largest absolute Gasteiger partial charge is 1.00 e. The van der Waals surface area contributed by atoms with Gasteiger partial charge in [0.25, 0.3) is 0 Å². The SMILES string of the molecule is O=C(O)c1cc(Cl)ncc1C(F)(F)F.[Cl-]. The maximum absolute atomic E-state index is 12.2. The number of pyridine rings is 1. The summed E-state index contributed by atoms with van der Waals surface area (Å²) in [6.45, 7) is 0. The molecule has 15 heavy (non-hydrogen) atoms. The molecule has 1 N–H and O–H groups in total. The molecule has 0 atom stereocenters. The van der Waals surface area contributed by atoms with Crippen LogP contribution in [0.1, 0.15) is 15.9 Å². The van der Waals surface area contributed by atoms with Crippen molar-refractivity contribution >= 4 is 17.6 Å². The van der Waals surface area contributed by atoms with E-state index in [1.54, 1.807) is 0 Å². The van der Waals surface area contributed by atoms with Crippen molar-refractivity contribution in [3.8, 4) is 0 Å². The molecule has 0 radical (unpaired) electrons. The first-order valence-electron chi connectivity index (χ1n) is 3.28. The third-order valence-corrected chi connectivity index (χ3v) is 1.61. The summed E-state index contributed by atoms with van der Waals surface area (Å²) < 4.78 is 36.6. The van der Waals surface area contributed by atoms with Gasteiger partial charge in [0.1, 0.15) is 5.15 Å². The summed E-state index contributed by atoms with van der Waals surface area (Å²) in [6, 6.07) is 0.659. The molecule has 3 nitrogen and oxygen atoms in total. The highest BCUT2D eigenvalue weighted by molar-refractivity contribution is 6.29. The van der Waals surface area contributed by atoms with Crippen LogP contribution in [0.2, 0.25) is 5.15 Å². The molecule has 1 aromatic rings. The predicted octanol–water partition coefficient (Wildman–Crippen LogP) is -0.544. The number of hydrogen-bond donors (Lipinski definition) is 1. The summed E-state index contributed by atoms with van der Waals surface area (Å²) in [6.07, 6.45) is -4.35. The number of carbonyl (C=O) groups is 1. The normalized spacial score (nSPS) is 10.7. The van der Waals surface area contributed by atoms with Gasteiger partial charge in [0.2, 0.25) is 0 Å². The van der Waals surface area contributed by atoms with Gasteiger partial charge in [0.05, 0.1) is 11.1 Å². The molecule has 0 saturated heterocycles. The number of rotatable bonds is 1. The molecule has 1 heterocycles. The number of alkyl halides is 3. The maximum Gasteiger partial charge on any atom is 0.418 e. The number of carboxylic acids is 1. The first kappa shape index (κ1) is 14.0. The second kappa shape index (κ2) is 4.67. The van der Waals surface area contributed by atoms with Crippen LogP contribution in [0, 0.1) is 0 Å². The second-order valence-corrected chi connectivity index (χ2v) is 2.74. The molecular weight excluding hydrogens is 258 g/mol. The summed E-state index contributed by atoms with van der Waals surface area (Å²) >= 11 is 5.27. The lowest BCUT2D eigenvalue weighted by Crippen LogP contribution is -3.00. The van der Waals surface area contributed by atoms with E-state index in [9.17, 15) is 18.0 Å². The van der Waals surface area contributed by atoms with E-state index in [0.29, 0.717) is 12.3 Å². The summed E-state index contributed by atoms with van der Waals surface area (Å²) in [7, 11) is 0. The van der Waals surface area contributed by atoms with Crippen LogP contribution < -0.4 is 12.4 Å². The van der Waals surface area contributed by atoms with Gasteiger partial charge in [-0.1, -0.05) is 11.6 Å². The van der Waals surface area contributed by atoms with Crippen molar-refractivity contribution in [3.05, 3.63) is 28.5 Å². The molecule has 1 rings (SSSR count). The van der Waals surface area contributed by atoms with E-state index in [1.807, 2.05) is 0 Å². The quantitative estimate of drug-likeness (QED) is 0.690. The molecule has 0 saturated carbocycles. The number of aromatic carboxylic acids is 1. The molecular formula is C7H3Cl2F3NO2-. The van der Waals surface area contributed by atoms with E-state index in [1.165, 1.54) is 0 Å². The van der Waals surface area contributed by atoms with Gasteiger partial charge in [-0.2, -0.15) is 13.2 Å². The van der Waals surface area contributed by atoms with E-state index in [0.717, 1.165) is 0 Å².